The van der Waals surface area contributed by atoms with Crippen molar-refractivity contribution < 1.29 is 14.0 Å². The maximum absolute atomic E-state index is 12.7. The molecule has 0 spiro atoms. The van der Waals surface area contributed by atoms with E-state index >= 15 is 0 Å². The summed E-state index contributed by atoms with van der Waals surface area (Å²) in [5, 5.41) is 6.77. The van der Waals surface area contributed by atoms with Crippen LogP contribution in [0.4, 0.5) is 10.5 Å². The number of furan rings is 1. The highest BCUT2D eigenvalue weighted by atomic mass is 16.3. The third kappa shape index (κ3) is 3.53. The summed E-state index contributed by atoms with van der Waals surface area (Å²) < 4.78 is 5.37. The molecular formula is C18H23N3O3. The molecule has 24 heavy (non-hydrogen) atoms. The van der Waals surface area contributed by atoms with E-state index in [1.54, 1.807) is 17.2 Å². The number of rotatable bonds is 3. The van der Waals surface area contributed by atoms with Gasteiger partial charge in [0, 0.05) is 30.2 Å². The van der Waals surface area contributed by atoms with Gasteiger partial charge in [-0.05, 0) is 37.0 Å². The van der Waals surface area contributed by atoms with Gasteiger partial charge in [0.25, 0.3) is 0 Å². The van der Waals surface area contributed by atoms with Crippen molar-refractivity contribution >= 4 is 28.6 Å². The maximum atomic E-state index is 12.7. The van der Waals surface area contributed by atoms with Crippen LogP contribution < -0.4 is 10.6 Å². The molecule has 0 unspecified atom stereocenters. The molecule has 1 fully saturated rings. The van der Waals surface area contributed by atoms with Gasteiger partial charge in [0.15, 0.2) is 0 Å². The molecule has 128 valence electrons. The lowest BCUT2D eigenvalue weighted by atomic mass is 10.0. The van der Waals surface area contributed by atoms with Crippen LogP contribution in [0.25, 0.3) is 11.0 Å². The van der Waals surface area contributed by atoms with Gasteiger partial charge in [0.1, 0.15) is 11.6 Å². The van der Waals surface area contributed by atoms with Crippen LogP contribution in [-0.4, -0.2) is 36.0 Å². The lowest BCUT2D eigenvalue weighted by Crippen LogP contribution is -2.49. The van der Waals surface area contributed by atoms with E-state index in [-0.39, 0.29) is 11.9 Å². The first-order valence-electron chi connectivity index (χ1n) is 8.37. The standard InChI is InChI=1S/C18H23N3O3/c1-12(2)10-15-17(22)19-7-3-8-21(15)18(23)20-14-5-4-13-6-9-24-16(13)11-14/h4-6,9,11-12,15H,3,7-8,10H2,1-2H3,(H,19,22)(H,20,23)/t15-/m0/s1. The number of anilines is 1. The monoisotopic (exact) mass is 329 g/mol. The Morgan fingerprint density at radius 1 is 1.42 bits per heavy atom. The van der Waals surface area contributed by atoms with Crippen LogP contribution in [0.15, 0.2) is 34.9 Å². The van der Waals surface area contributed by atoms with Crippen molar-refractivity contribution in [2.75, 3.05) is 18.4 Å². The van der Waals surface area contributed by atoms with Gasteiger partial charge >= 0.3 is 6.03 Å². The molecule has 1 atom stereocenters. The summed E-state index contributed by atoms with van der Waals surface area (Å²) in [6.45, 7) is 5.28. The molecule has 1 aromatic carbocycles. The van der Waals surface area contributed by atoms with Gasteiger partial charge in [-0.25, -0.2) is 4.79 Å². The summed E-state index contributed by atoms with van der Waals surface area (Å²) in [4.78, 5) is 26.7. The smallest absolute Gasteiger partial charge is 0.322 e. The zero-order valence-corrected chi connectivity index (χ0v) is 14.0. The molecule has 2 aromatic rings. The Hall–Kier alpha value is -2.50. The van der Waals surface area contributed by atoms with E-state index in [1.807, 2.05) is 18.2 Å². The van der Waals surface area contributed by atoms with Crippen molar-refractivity contribution in [2.24, 2.45) is 5.92 Å². The highest BCUT2D eigenvalue weighted by Gasteiger charge is 2.32. The molecule has 3 amide bonds. The second-order valence-corrected chi connectivity index (χ2v) is 6.59. The molecule has 3 rings (SSSR count). The Bertz CT molecular complexity index is 738. The second kappa shape index (κ2) is 6.95. The van der Waals surface area contributed by atoms with E-state index in [1.165, 1.54) is 0 Å². The van der Waals surface area contributed by atoms with Gasteiger partial charge in [-0.1, -0.05) is 13.8 Å². The van der Waals surface area contributed by atoms with Crippen LogP contribution in [0, 0.1) is 5.92 Å². The van der Waals surface area contributed by atoms with Crippen molar-refractivity contribution in [3.63, 3.8) is 0 Å². The molecule has 2 heterocycles. The van der Waals surface area contributed by atoms with Crippen molar-refractivity contribution in [1.82, 2.24) is 10.2 Å². The van der Waals surface area contributed by atoms with Gasteiger partial charge in [0.2, 0.25) is 5.91 Å². The Labute approximate surface area is 141 Å². The fourth-order valence-electron chi connectivity index (χ4n) is 3.03. The van der Waals surface area contributed by atoms with E-state index in [0.717, 1.165) is 17.4 Å². The molecule has 1 saturated heterocycles. The minimum atomic E-state index is -0.431. The molecule has 0 bridgehead atoms. The largest absolute Gasteiger partial charge is 0.464 e. The van der Waals surface area contributed by atoms with E-state index in [4.69, 9.17) is 4.42 Å². The summed E-state index contributed by atoms with van der Waals surface area (Å²) in [6, 6.07) is 6.73. The normalized spacial score (nSPS) is 18.5. The molecular weight excluding hydrogens is 306 g/mol. The Balaban J connectivity index is 1.78. The Morgan fingerprint density at radius 2 is 2.25 bits per heavy atom. The van der Waals surface area contributed by atoms with E-state index in [0.29, 0.717) is 31.1 Å². The van der Waals surface area contributed by atoms with Gasteiger partial charge in [0.05, 0.1) is 6.26 Å². The zero-order chi connectivity index (χ0) is 17.1. The van der Waals surface area contributed by atoms with Crippen LogP contribution in [0.3, 0.4) is 0 Å². The third-order valence-corrected chi connectivity index (χ3v) is 4.22. The Morgan fingerprint density at radius 3 is 3.04 bits per heavy atom. The third-order valence-electron chi connectivity index (χ3n) is 4.22. The number of carbonyl (C=O) groups excluding carboxylic acids is 2. The number of amides is 3. The SMILES string of the molecule is CC(C)C[C@H]1C(=O)NCCCN1C(=O)Nc1ccc2ccoc2c1. The number of benzene rings is 1. The van der Waals surface area contributed by atoms with Gasteiger partial charge in [-0.3, -0.25) is 4.79 Å². The molecule has 0 radical (unpaired) electrons. The minimum absolute atomic E-state index is 0.0714. The van der Waals surface area contributed by atoms with Crippen LogP contribution in [-0.2, 0) is 4.79 Å². The average Bonchev–Trinajstić information content (AvgIpc) is 2.92. The number of fused-ring (bicyclic) bond motifs is 1. The first kappa shape index (κ1) is 16.4. The number of nitrogens with zero attached hydrogens (tertiary/aromatic N) is 1. The summed E-state index contributed by atoms with van der Waals surface area (Å²) in [7, 11) is 0. The van der Waals surface area contributed by atoms with E-state index in [2.05, 4.69) is 24.5 Å². The molecule has 1 aliphatic rings. The summed E-state index contributed by atoms with van der Waals surface area (Å²) in [6.07, 6.45) is 3.02. The van der Waals surface area contributed by atoms with Gasteiger partial charge < -0.3 is 20.0 Å². The number of hydrogen-bond acceptors (Lipinski definition) is 3. The van der Waals surface area contributed by atoms with E-state index in [9.17, 15) is 9.59 Å². The molecule has 0 saturated carbocycles. The lowest BCUT2D eigenvalue weighted by molar-refractivity contribution is -0.125. The fourth-order valence-corrected chi connectivity index (χ4v) is 3.03. The minimum Gasteiger partial charge on any atom is -0.464 e. The highest BCUT2D eigenvalue weighted by Crippen LogP contribution is 2.21. The molecule has 6 nitrogen and oxygen atoms in total. The summed E-state index contributed by atoms with van der Waals surface area (Å²) in [5.41, 5.74) is 1.38. The van der Waals surface area contributed by atoms with Crippen LogP contribution in [0.2, 0.25) is 0 Å². The average molecular weight is 329 g/mol. The topological polar surface area (TPSA) is 74.6 Å². The first-order valence-corrected chi connectivity index (χ1v) is 8.37. The molecule has 2 N–H and O–H groups in total. The number of carbonyl (C=O) groups is 2. The lowest BCUT2D eigenvalue weighted by Gasteiger charge is -2.29. The van der Waals surface area contributed by atoms with Crippen LogP contribution in [0.1, 0.15) is 26.7 Å². The second-order valence-electron chi connectivity index (χ2n) is 6.59. The summed E-state index contributed by atoms with van der Waals surface area (Å²) >= 11 is 0. The first-order chi connectivity index (χ1) is 11.5. The van der Waals surface area contributed by atoms with Crippen molar-refractivity contribution in [2.45, 2.75) is 32.7 Å². The molecule has 0 aliphatic carbocycles. The van der Waals surface area contributed by atoms with Crippen molar-refractivity contribution in [3.8, 4) is 0 Å². The van der Waals surface area contributed by atoms with Crippen molar-refractivity contribution in [1.29, 1.82) is 0 Å². The number of hydrogen-bond donors (Lipinski definition) is 2. The van der Waals surface area contributed by atoms with Crippen molar-refractivity contribution in [3.05, 3.63) is 30.5 Å². The zero-order valence-electron chi connectivity index (χ0n) is 14.0. The number of urea groups is 1. The maximum Gasteiger partial charge on any atom is 0.322 e. The van der Waals surface area contributed by atoms with Crippen LogP contribution in [0.5, 0.6) is 0 Å². The number of nitrogens with one attached hydrogen (secondary N) is 2. The van der Waals surface area contributed by atoms with Gasteiger partial charge in [-0.2, -0.15) is 0 Å². The van der Waals surface area contributed by atoms with Gasteiger partial charge in [-0.15, -0.1) is 0 Å². The quantitative estimate of drug-likeness (QED) is 0.908. The molecule has 1 aromatic heterocycles. The highest BCUT2D eigenvalue weighted by molar-refractivity contribution is 5.95. The Kier molecular flexibility index (Phi) is 4.74. The summed E-state index contributed by atoms with van der Waals surface area (Å²) in [5.74, 6) is 0.256. The molecule has 1 aliphatic heterocycles. The van der Waals surface area contributed by atoms with Crippen LogP contribution >= 0.6 is 0 Å². The molecule has 6 heteroatoms. The predicted octanol–water partition coefficient (Wildman–Crippen LogP) is 3.20. The van der Waals surface area contributed by atoms with E-state index < -0.39 is 6.04 Å². The predicted molar refractivity (Wildman–Crippen MR) is 92.8 cm³/mol. The fraction of sp³-hybridized carbons (Fsp3) is 0.444.